The van der Waals surface area contributed by atoms with Gasteiger partial charge in [0, 0.05) is 38.1 Å². The number of fused-ring (bicyclic) bond motifs is 1. The summed E-state index contributed by atoms with van der Waals surface area (Å²) in [5.74, 6) is 0.695. The molecule has 0 bridgehead atoms. The quantitative estimate of drug-likeness (QED) is 0.914. The smallest absolute Gasteiger partial charge is 0.309 e. The SMILES string of the molecule is O=C(O)[C@@H]1CN(Cc2cc3ccccc3o2)CCN(CC2CC2)C1. The Labute approximate surface area is 141 Å². The predicted octanol–water partition coefficient (Wildman–Crippen LogP) is 2.66. The zero-order valence-corrected chi connectivity index (χ0v) is 13.9. The summed E-state index contributed by atoms with van der Waals surface area (Å²) in [6, 6.07) is 10.1. The minimum Gasteiger partial charge on any atom is -0.481 e. The summed E-state index contributed by atoms with van der Waals surface area (Å²) < 4.78 is 5.91. The molecule has 1 aromatic carbocycles. The van der Waals surface area contributed by atoms with Crippen molar-refractivity contribution >= 4 is 16.9 Å². The molecule has 0 spiro atoms. The Bertz CT molecular complexity index is 689. The molecule has 24 heavy (non-hydrogen) atoms. The van der Waals surface area contributed by atoms with Crippen molar-refractivity contribution in [2.45, 2.75) is 19.4 Å². The van der Waals surface area contributed by atoms with Gasteiger partial charge in [-0.15, -0.1) is 0 Å². The topological polar surface area (TPSA) is 56.9 Å². The molecule has 0 unspecified atom stereocenters. The van der Waals surface area contributed by atoms with Crippen molar-refractivity contribution < 1.29 is 14.3 Å². The molecule has 0 amide bonds. The normalized spacial score (nSPS) is 23.4. The molecular formula is C19H24N2O3. The number of carbonyl (C=O) groups is 1. The molecule has 1 aliphatic heterocycles. The molecule has 1 atom stereocenters. The molecule has 2 fully saturated rings. The van der Waals surface area contributed by atoms with Crippen molar-refractivity contribution in [3.8, 4) is 0 Å². The molecule has 5 nitrogen and oxygen atoms in total. The molecule has 2 aliphatic rings. The van der Waals surface area contributed by atoms with E-state index in [0.29, 0.717) is 19.6 Å². The molecular weight excluding hydrogens is 304 g/mol. The lowest BCUT2D eigenvalue weighted by Gasteiger charge is -2.21. The molecule has 0 radical (unpaired) electrons. The first kappa shape index (κ1) is 15.7. The Morgan fingerprint density at radius 3 is 2.67 bits per heavy atom. The first-order valence-corrected chi connectivity index (χ1v) is 8.82. The number of aliphatic carboxylic acids is 1. The fourth-order valence-corrected chi connectivity index (χ4v) is 3.61. The van der Waals surface area contributed by atoms with Gasteiger partial charge < -0.3 is 14.4 Å². The fraction of sp³-hybridized carbons (Fsp3) is 0.526. The number of nitrogens with zero attached hydrogens (tertiary/aromatic N) is 2. The summed E-state index contributed by atoms with van der Waals surface area (Å²) in [6.45, 7) is 4.84. The highest BCUT2D eigenvalue weighted by molar-refractivity contribution is 5.77. The van der Waals surface area contributed by atoms with Crippen molar-refractivity contribution in [2.75, 3.05) is 32.7 Å². The maximum absolute atomic E-state index is 11.6. The van der Waals surface area contributed by atoms with Crippen LogP contribution in [-0.4, -0.2) is 53.6 Å². The van der Waals surface area contributed by atoms with Gasteiger partial charge in [-0.3, -0.25) is 9.69 Å². The van der Waals surface area contributed by atoms with Crippen LogP contribution in [-0.2, 0) is 11.3 Å². The van der Waals surface area contributed by atoms with Crippen LogP contribution in [0.4, 0.5) is 0 Å². The average molecular weight is 328 g/mol. The van der Waals surface area contributed by atoms with Crippen LogP contribution in [0.3, 0.4) is 0 Å². The number of rotatable bonds is 5. The van der Waals surface area contributed by atoms with Crippen LogP contribution >= 0.6 is 0 Å². The highest BCUT2D eigenvalue weighted by Gasteiger charge is 2.31. The number of carboxylic acid groups (broad SMARTS) is 1. The van der Waals surface area contributed by atoms with E-state index in [9.17, 15) is 9.90 Å². The van der Waals surface area contributed by atoms with Gasteiger partial charge in [0.15, 0.2) is 0 Å². The summed E-state index contributed by atoms with van der Waals surface area (Å²) in [5, 5.41) is 10.7. The lowest BCUT2D eigenvalue weighted by Crippen LogP contribution is -2.35. The molecule has 1 aliphatic carbocycles. The van der Waals surface area contributed by atoms with Crippen molar-refractivity contribution in [3.05, 3.63) is 36.1 Å². The molecule has 128 valence electrons. The Morgan fingerprint density at radius 2 is 1.92 bits per heavy atom. The number of benzene rings is 1. The van der Waals surface area contributed by atoms with Crippen LogP contribution in [0.5, 0.6) is 0 Å². The van der Waals surface area contributed by atoms with Crippen molar-refractivity contribution in [1.82, 2.24) is 9.80 Å². The van der Waals surface area contributed by atoms with Crippen LogP contribution in [0.15, 0.2) is 34.7 Å². The Balaban J connectivity index is 1.45. The number of carboxylic acids is 1. The van der Waals surface area contributed by atoms with Gasteiger partial charge in [-0.25, -0.2) is 0 Å². The van der Waals surface area contributed by atoms with Gasteiger partial charge in [-0.1, -0.05) is 18.2 Å². The van der Waals surface area contributed by atoms with E-state index in [0.717, 1.165) is 42.3 Å². The zero-order valence-electron chi connectivity index (χ0n) is 13.9. The fourth-order valence-electron chi connectivity index (χ4n) is 3.61. The summed E-state index contributed by atoms with van der Waals surface area (Å²) in [7, 11) is 0. The number of hydrogen-bond acceptors (Lipinski definition) is 4. The van der Waals surface area contributed by atoms with Crippen LogP contribution in [0, 0.1) is 11.8 Å². The second-order valence-corrected chi connectivity index (χ2v) is 7.22. The zero-order chi connectivity index (χ0) is 16.5. The number of furan rings is 1. The van der Waals surface area contributed by atoms with Gasteiger partial charge in [0.2, 0.25) is 0 Å². The molecule has 1 saturated carbocycles. The van der Waals surface area contributed by atoms with E-state index in [4.69, 9.17) is 4.42 Å². The van der Waals surface area contributed by atoms with Gasteiger partial charge in [0.25, 0.3) is 0 Å². The summed E-state index contributed by atoms with van der Waals surface area (Å²) >= 11 is 0. The van der Waals surface area contributed by atoms with E-state index in [-0.39, 0.29) is 5.92 Å². The second kappa shape index (κ2) is 6.57. The molecule has 1 aromatic heterocycles. The maximum atomic E-state index is 11.6. The van der Waals surface area contributed by atoms with Crippen LogP contribution < -0.4 is 0 Å². The number of hydrogen-bond donors (Lipinski definition) is 1. The summed E-state index contributed by atoms with van der Waals surface area (Å²) in [4.78, 5) is 16.2. The van der Waals surface area contributed by atoms with Gasteiger partial charge in [0.05, 0.1) is 12.5 Å². The van der Waals surface area contributed by atoms with Crippen LogP contribution in [0.25, 0.3) is 11.0 Å². The van der Waals surface area contributed by atoms with Crippen molar-refractivity contribution in [2.24, 2.45) is 11.8 Å². The maximum Gasteiger partial charge on any atom is 0.309 e. The minimum absolute atomic E-state index is 0.323. The second-order valence-electron chi connectivity index (χ2n) is 7.22. The Hall–Kier alpha value is -1.85. The predicted molar refractivity (Wildman–Crippen MR) is 91.8 cm³/mol. The third-order valence-electron chi connectivity index (χ3n) is 5.11. The van der Waals surface area contributed by atoms with E-state index in [2.05, 4.69) is 15.9 Å². The molecule has 4 rings (SSSR count). The van der Waals surface area contributed by atoms with E-state index in [1.165, 1.54) is 12.8 Å². The number of para-hydroxylation sites is 1. The Morgan fingerprint density at radius 1 is 1.17 bits per heavy atom. The van der Waals surface area contributed by atoms with Gasteiger partial charge in [0.1, 0.15) is 11.3 Å². The molecule has 1 saturated heterocycles. The van der Waals surface area contributed by atoms with E-state index in [1.54, 1.807) is 0 Å². The highest BCUT2D eigenvalue weighted by Crippen LogP contribution is 2.30. The first-order chi connectivity index (χ1) is 11.7. The van der Waals surface area contributed by atoms with Gasteiger partial charge >= 0.3 is 5.97 Å². The highest BCUT2D eigenvalue weighted by atomic mass is 16.4. The van der Waals surface area contributed by atoms with Gasteiger partial charge in [-0.05, 0) is 30.9 Å². The molecule has 2 heterocycles. The summed E-state index contributed by atoms with van der Waals surface area (Å²) in [5.41, 5.74) is 0.896. The third-order valence-corrected chi connectivity index (χ3v) is 5.11. The third kappa shape index (κ3) is 3.62. The van der Waals surface area contributed by atoms with Crippen molar-refractivity contribution in [3.63, 3.8) is 0 Å². The Kier molecular flexibility index (Phi) is 4.29. The minimum atomic E-state index is -0.688. The van der Waals surface area contributed by atoms with E-state index >= 15 is 0 Å². The molecule has 2 aromatic rings. The van der Waals surface area contributed by atoms with Gasteiger partial charge in [-0.2, -0.15) is 0 Å². The summed E-state index contributed by atoms with van der Waals surface area (Å²) in [6.07, 6.45) is 2.61. The lowest BCUT2D eigenvalue weighted by molar-refractivity contribution is -0.142. The molecule has 1 N–H and O–H groups in total. The standard InChI is InChI=1S/C19H24N2O3/c22-19(23)16-11-20(10-14-5-6-14)7-8-21(12-16)13-17-9-15-3-1-2-4-18(15)24-17/h1-4,9,14,16H,5-8,10-13H2,(H,22,23)/t16-/m0/s1. The van der Waals surface area contributed by atoms with E-state index in [1.807, 2.05) is 24.3 Å². The van der Waals surface area contributed by atoms with Crippen LogP contribution in [0.1, 0.15) is 18.6 Å². The largest absolute Gasteiger partial charge is 0.481 e. The van der Waals surface area contributed by atoms with Crippen LogP contribution in [0.2, 0.25) is 0 Å². The molecule has 5 heteroatoms. The lowest BCUT2D eigenvalue weighted by atomic mass is 10.1. The first-order valence-electron chi connectivity index (χ1n) is 8.82. The van der Waals surface area contributed by atoms with E-state index < -0.39 is 5.97 Å². The van der Waals surface area contributed by atoms with Crippen molar-refractivity contribution in [1.29, 1.82) is 0 Å². The monoisotopic (exact) mass is 328 g/mol. The average Bonchev–Trinajstić information content (AvgIpc) is 3.31.